The van der Waals surface area contributed by atoms with Crippen LogP contribution in [-0.2, 0) is 13.0 Å². The van der Waals surface area contributed by atoms with Crippen molar-refractivity contribution < 1.29 is 9.30 Å². The van der Waals surface area contributed by atoms with Crippen LogP contribution in [0.5, 0.6) is 5.75 Å². The van der Waals surface area contributed by atoms with Crippen molar-refractivity contribution in [1.29, 1.82) is 0 Å². The Morgan fingerprint density at radius 3 is 2.45 bits per heavy atom. The van der Waals surface area contributed by atoms with Crippen LogP contribution in [0.2, 0.25) is 0 Å². The average molecular weight is 292 g/mol. The van der Waals surface area contributed by atoms with Gasteiger partial charge in [0.25, 0.3) is 0 Å². The molecule has 2 nitrogen and oxygen atoms in total. The zero-order chi connectivity index (χ0) is 15.4. The van der Waals surface area contributed by atoms with Crippen molar-refractivity contribution in [3.8, 4) is 5.75 Å². The smallest absolute Gasteiger partial charge is 0.193 e. The molecule has 0 saturated heterocycles. The second kappa shape index (κ2) is 6.61. The maximum atomic E-state index is 5.25. The Kier molecular flexibility index (Phi) is 4.38. The van der Waals surface area contributed by atoms with Crippen LogP contribution >= 0.6 is 0 Å². The minimum atomic E-state index is 0.906. The van der Waals surface area contributed by atoms with E-state index in [1.54, 1.807) is 7.11 Å². The highest BCUT2D eigenvalue weighted by atomic mass is 16.5. The van der Waals surface area contributed by atoms with Crippen LogP contribution in [0, 0.1) is 0 Å². The average Bonchev–Trinajstić information content (AvgIpc) is 2.58. The molecule has 0 aliphatic carbocycles. The molecule has 0 spiro atoms. The number of fused-ring (bicyclic) bond motifs is 1. The lowest BCUT2D eigenvalue weighted by atomic mass is 10.0. The molecule has 0 aliphatic heterocycles. The van der Waals surface area contributed by atoms with Crippen molar-refractivity contribution in [3.05, 3.63) is 72.1 Å². The molecule has 2 heteroatoms. The summed E-state index contributed by atoms with van der Waals surface area (Å²) in [4.78, 5) is 0. The first-order valence-corrected chi connectivity index (χ1v) is 7.85. The van der Waals surface area contributed by atoms with Gasteiger partial charge in [0.05, 0.1) is 13.5 Å². The Morgan fingerprint density at radius 1 is 0.955 bits per heavy atom. The van der Waals surface area contributed by atoms with Crippen LogP contribution in [0.4, 0.5) is 0 Å². The predicted octanol–water partition coefficient (Wildman–Crippen LogP) is 4.14. The molecule has 0 unspecified atom stereocenters. The zero-order valence-corrected chi connectivity index (χ0v) is 13.3. The SMILES string of the molecule is CCC[n+]1ccc2ccccc2c1Cc1ccc(OC)cc1. The van der Waals surface area contributed by atoms with Gasteiger partial charge in [-0.05, 0) is 29.1 Å². The molecule has 112 valence electrons. The molecule has 0 N–H and O–H groups in total. The number of nitrogens with zero attached hydrogens (tertiary/aromatic N) is 1. The normalized spacial score (nSPS) is 10.8. The summed E-state index contributed by atoms with van der Waals surface area (Å²) >= 11 is 0. The molecule has 3 rings (SSSR count). The molecule has 0 amide bonds. The Bertz CT molecular complexity index is 762. The number of pyridine rings is 1. The third-order valence-corrected chi connectivity index (χ3v) is 4.05. The van der Waals surface area contributed by atoms with E-state index in [-0.39, 0.29) is 0 Å². The van der Waals surface area contributed by atoms with Gasteiger partial charge < -0.3 is 4.74 Å². The second-order valence-electron chi connectivity index (χ2n) is 5.57. The second-order valence-corrected chi connectivity index (χ2v) is 5.57. The number of hydrogen-bond acceptors (Lipinski definition) is 1. The first kappa shape index (κ1) is 14.6. The van der Waals surface area contributed by atoms with Gasteiger partial charge in [0.1, 0.15) is 12.3 Å². The predicted molar refractivity (Wildman–Crippen MR) is 90.2 cm³/mol. The van der Waals surface area contributed by atoms with Gasteiger partial charge in [0, 0.05) is 17.9 Å². The summed E-state index contributed by atoms with van der Waals surface area (Å²) in [5.74, 6) is 0.906. The summed E-state index contributed by atoms with van der Waals surface area (Å²) in [7, 11) is 1.70. The number of rotatable bonds is 5. The van der Waals surface area contributed by atoms with Gasteiger partial charge >= 0.3 is 0 Å². The van der Waals surface area contributed by atoms with Gasteiger partial charge in [-0.15, -0.1) is 0 Å². The first-order chi connectivity index (χ1) is 10.8. The van der Waals surface area contributed by atoms with Crippen LogP contribution in [0.3, 0.4) is 0 Å². The van der Waals surface area contributed by atoms with Crippen LogP contribution in [-0.4, -0.2) is 7.11 Å². The molecule has 0 saturated carbocycles. The van der Waals surface area contributed by atoms with Crippen LogP contribution in [0.1, 0.15) is 24.6 Å². The number of methoxy groups -OCH3 is 1. The lowest BCUT2D eigenvalue weighted by molar-refractivity contribution is -0.702. The van der Waals surface area contributed by atoms with E-state index in [1.165, 1.54) is 22.0 Å². The molecule has 0 radical (unpaired) electrons. The van der Waals surface area contributed by atoms with Crippen molar-refractivity contribution in [2.45, 2.75) is 26.3 Å². The third-order valence-electron chi connectivity index (χ3n) is 4.05. The molecule has 2 aromatic carbocycles. The summed E-state index contributed by atoms with van der Waals surface area (Å²) in [6.07, 6.45) is 4.29. The summed E-state index contributed by atoms with van der Waals surface area (Å²) in [6, 6.07) is 19.2. The Labute approximate surface area is 132 Å². The minimum Gasteiger partial charge on any atom is -0.497 e. The highest BCUT2D eigenvalue weighted by Gasteiger charge is 2.15. The Hall–Kier alpha value is -2.35. The van der Waals surface area contributed by atoms with E-state index in [1.807, 2.05) is 12.1 Å². The van der Waals surface area contributed by atoms with Gasteiger partial charge in [-0.3, -0.25) is 0 Å². The molecule has 3 aromatic rings. The number of benzene rings is 2. The Balaban J connectivity index is 2.04. The van der Waals surface area contributed by atoms with Crippen molar-refractivity contribution in [1.82, 2.24) is 0 Å². The van der Waals surface area contributed by atoms with Crippen LogP contribution in [0.15, 0.2) is 60.8 Å². The molecule has 0 atom stereocenters. The van der Waals surface area contributed by atoms with Crippen molar-refractivity contribution in [2.75, 3.05) is 7.11 Å². The lowest BCUT2D eigenvalue weighted by Gasteiger charge is -2.08. The van der Waals surface area contributed by atoms with Gasteiger partial charge in [-0.1, -0.05) is 37.3 Å². The third kappa shape index (κ3) is 2.96. The molecular formula is C20H22NO+. The summed E-state index contributed by atoms with van der Waals surface area (Å²) in [5, 5.41) is 2.65. The van der Waals surface area contributed by atoms with Crippen molar-refractivity contribution >= 4 is 10.8 Å². The van der Waals surface area contributed by atoms with Crippen molar-refractivity contribution in [2.24, 2.45) is 0 Å². The van der Waals surface area contributed by atoms with Crippen LogP contribution < -0.4 is 9.30 Å². The first-order valence-electron chi connectivity index (χ1n) is 7.85. The summed E-state index contributed by atoms with van der Waals surface area (Å²) in [6.45, 7) is 3.27. The van der Waals surface area contributed by atoms with Gasteiger partial charge in [0.2, 0.25) is 0 Å². The molecule has 1 heterocycles. The molecule has 0 aliphatic rings. The molecular weight excluding hydrogens is 270 g/mol. The van der Waals surface area contributed by atoms with E-state index in [2.05, 4.69) is 60.2 Å². The maximum absolute atomic E-state index is 5.25. The minimum absolute atomic E-state index is 0.906. The van der Waals surface area contributed by atoms with Gasteiger partial charge in [-0.2, -0.15) is 0 Å². The number of hydrogen-bond donors (Lipinski definition) is 0. The van der Waals surface area contributed by atoms with E-state index < -0.39 is 0 Å². The zero-order valence-electron chi connectivity index (χ0n) is 13.3. The number of aryl methyl sites for hydroxylation is 1. The molecule has 0 fully saturated rings. The summed E-state index contributed by atoms with van der Waals surface area (Å²) in [5.41, 5.74) is 2.69. The van der Waals surface area contributed by atoms with Crippen LogP contribution in [0.25, 0.3) is 10.8 Å². The highest BCUT2D eigenvalue weighted by molar-refractivity contribution is 5.83. The van der Waals surface area contributed by atoms with E-state index in [4.69, 9.17) is 4.74 Å². The van der Waals surface area contributed by atoms with E-state index >= 15 is 0 Å². The highest BCUT2D eigenvalue weighted by Crippen LogP contribution is 2.20. The molecule has 0 bridgehead atoms. The standard InChI is InChI=1S/C20H22NO/c1-3-13-21-14-12-17-6-4-5-7-19(17)20(21)15-16-8-10-18(22-2)11-9-16/h4-12,14H,3,13,15H2,1-2H3/q+1. The van der Waals surface area contributed by atoms with E-state index in [0.717, 1.165) is 25.1 Å². The fourth-order valence-electron chi connectivity index (χ4n) is 2.90. The number of ether oxygens (including phenoxy) is 1. The van der Waals surface area contributed by atoms with Gasteiger partial charge in [0.15, 0.2) is 11.9 Å². The fourth-order valence-corrected chi connectivity index (χ4v) is 2.90. The van der Waals surface area contributed by atoms with E-state index in [0.29, 0.717) is 0 Å². The largest absolute Gasteiger partial charge is 0.497 e. The van der Waals surface area contributed by atoms with Crippen molar-refractivity contribution in [3.63, 3.8) is 0 Å². The molecule has 22 heavy (non-hydrogen) atoms. The quantitative estimate of drug-likeness (QED) is 0.644. The van der Waals surface area contributed by atoms with Gasteiger partial charge in [-0.25, -0.2) is 4.57 Å². The monoisotopic (exact) mass is 292 g/mol. The lowest BCUT2D eigenvalue weighted by Crippen LogP contribution is -2.38. The maximum Gasteiger partial charge on any atom is 0.193 e. The van der Waals surface area contributed by atoms with E-state index in [9.17, 15) is 0 Å². The topological polar surface area (TPSA) is 13.1 Å². The fraction of sp³-hybridized carbons (Fsp3) is 0.250. The summed E-state index contributed by atoms with van der Waals surface area (Å²) < 4.78 is 7.63. The molecule has 1 aromatic heterocycles. The number of aromatic nitrogens is 1. The Morgan fingerprint density at radius 2 is 1.73 bits per heavy atom.